The lowest BCUT2D eigenvalue weighted by atomic mass is 10.1. The summed E-state index contributed by atoms with van der Waals surface area (Å²) in [7, 11) is 6.07. The standard InChI is InChI=1S/C15H24N2O/c1-5-13-6-8-14(9-7-13)15(18)12-17(4)11-10-16(2)3/h6-9H,5,10-12H2,1-4H3. The van der Waals surface area contributed by atoms with Crippen molar-refractivity contribution in [1.82, 2.24) is 9.80 Å². The van der Waals surface area contributed by atoms with Crippen molar-refractivity contribution in [2.75, 3.05) is 40.8 Å². The number of rotatable bonds is 7. The van der Waals surface area contributed by atoms with E-state index in [0.29, 0.717) is 6.54 Å². The minimum absolute atomic E-state index is 0.193. The molecular weight excluding hydrogens is 224 g/mol. The average molecular weight is 248 g/mol. The van der Waals surface area contributed by atoms with Crippen molar-refractivity contribution in [3.8, 4) is 0 Å². The zero-order valence-electron chi connectivity index (χ0n) is 11.9. The van der Waals surface area contributed by atoms with Crippen molar-refractivity contribution in [3.05, 3.63) is 35.4 Å². The lowest BCUT2D eigenvalue weighted by Gasteiger charge is -2.18. The van der Waals surface area contributed by atoms with Crippen molar-refractivity contribution in [2.45, 2.75) is 13.3 Å². The van der Waals surface area contributed by atoms with E-state index < -0.39 is 0 Å². The number of hydrogen-bond donors (Lipinski definition) is 0. The molecule has 0 unspecified atom stereocenters. The van der Waals surface area contributed by atoms with Crippen LogP contribution in [0.1, 0.15) is 22.8 Å². The van der Waals surface area contributed by atoms with Crippen molar-refractivity contribution in [2.24, 2.45) is 0 Å². The molecule has 0 bridgehead atoms. The quantitative estimate of drug-likeness (QED) is 0.689. The average Bonchev–Trinajstić information content (AvgIpc) is 2.36. The molecule has 0 aliphatic heterocycles. The Balaban J connectivity index is 2.48. The normalized spacial score (nSPS) is 11.2. The van der Waals surface area contributed by atoms with Gasteiger partial charge in [0.05, 0.1) is 6.54 Å². The van der Waals surface area contributed by atoms with Crippen LogP contribution in [0.5, 0.6) is 0 Å². The topological polar surface area (TPSA) is 23.6 Å². The molecule has 0 radical (unpaired) electrons. The molecule has 0 fully saturated rings. The summed E-state index contributed by atoms with van der Waals surface area (Å²) in [4.78, 5) is 16.2. The number of aryl methyl sites for hydroxylation is 1. The molecule has 0 aromatic heterocycles. The van der Waals surface area contributed by atoms with Gasteiger partial charge in [-0.05, 0) is 33.1 Å². The fraction of sp³-hybridized carbons (Fsp3) is 0.533. The van der Waals surface area contributed by atoms with Crippen molar-refractivity contribution < 1.29 is 4.79 Å². The second-order valence-corrected chi connectivity index (χ2v) is 5.01. The van der Waals surface area contributed by atoms with E-state index in [1.165, 1.54) is 5.56 Å². The van der Waals surface area contributed by atoms with Crippen molar-refractivity contribution >= 4 is 5.78 Å². The minimum atomic E-state index is 0.193. The highest BCUT2D eigenvalue weighted by Gasteiger charge is 2.09. The highest BCUT2D eigenvalue weighted by atomic mass is 16.1. The van der Waals surface area contributed by atoms with Crippen LogP contribution in [0.2, 0.25) is 0 Å². The van der Waals surface area contributed by atoms with E-state index in [1.807, 2.05) is 45.4 Å². The lowest BCUT2D eigenvalue weighted by molar-refractivity contribution is 0.0942. The van der Waals surface area contributed by atoms with Crippen LogP contribution in [0.25, 0.3) is 0 Å². The molecule has 1 rings (SSSR count). The molecule has 3 nitrogen and oxygen atoms in total. The molecule has 0 atom stereocenters. The van der Waals surface area contributed by atoms with Crippen LogP contribution in [-0.2, 0) is 6.42 Å². The SMILES string of the molecule is CCc1ccc(C(=O)CN(C)CCN(C)C)cc1. The highest BCUT2D eigenvalue weighted by molar-refractivity contribution is 5.97. The number of benzene rings is 1. The first-order valence-electron chi connectivity index (χ1n) is 6.48. The van der Waals surface area contributed by atoms with E-state index in [1.54, 1.807) is 0 Å². The van der Waals surface area contributed by atoms with Gasteiger partial charge >= 0.3 is 0 Å². The van der Waals surface area contributed by atoms with Gasteiger partial charge in [-0.25, -0.2) is 0 Å². The summed E-state index contributed by atoms with van der Waals surface area (Å²) in [6.45, 7) is 4.48. The molecule has 0 amide bonds. The van der Waals surface area contributed by atoms with Gasteiger partial charge in [-0.1, -0.05) is 31.2 Å². The van der Waals surface area contributed by atoms with Crippen molar-refractivity contribution in [3.63, 3.8) is 0 Å². The maximum Gasteiger partial charge on any atom is 0.176 e. The van der Waals surface area contributed by atoms with E-state index in [4.69, 9.17) is 0 Å². The molecular formula is C15H24N2O. The van der Waals surface area contributed by atoms with Crippen LogP contribution >= 0.6 is 0 Å². The van der Waals surface area contributed by atoms with Crippen LogP contribution in [0.4, 0.5) is 0 Å². The summed E-state index contributed by atoms with van der Waals surface area (Å²) in [5, 5.41) is 0. The number of carbonyl (C=O) groups excluding carboxylic acids is 1. The van der Waals surface area contributed by atoms with Crippen LogP contribution < -0.4 is 0 Å². The molecule has 18 heavy (non-hydrogen) atoms. The Bertz CT molecular complexity index is 371. The molecule has 100 valence electrons. The summed E-state index contributed by atoms with van der Waals surface area (Å²) >= 11 is 0. The van der Waals surface area contributed by atoms with Gasteiger partial charge in [0.2, 0.25) is 0 Å². The number of nitrogens with zero attached hydrogens (tertiary/aromatic N) is 2. The second-order valence-electron chi connectivity index (χ2n) is 5.01. The molecule has 0 spiro atoms. The third kappa shape index (κ3) is 4.98. The van der Waals surface area contributed by atoms with Crippen LogP contribution in [0, 0.1) is 0 Å². The van der Waals surface area contributed by atoms with E-state index >= 15 is 0 Å². The van der Waals surface area contributed by atoms with Gasteiger partial charge in [0.1, 0.15) is 0 Å². The largest absolute Gasteiger partial charge is 0.308 e. The Morgan fingerprint density at radius 1 is 1.06 bits per heavy atom. The summed E-state index contributed by atoms with van der Waals surface area (Å²) in [6.07, 6.45) is 1.01. The maximum atomic E-state index is 12.0. The van der Waals surface area contributed by atoms with E-state index in [0.717, 1.165) is 25.1 Å². The summed E-state index contributed by atoms with van der Waals surface area (Å²) in [6, 6.07) is 7.93. The Morgan fingerprint density at radius 3 is 2.17 bits per heavy atom. The Labute approximate surface area is 110 Å². The molecule has 0 aliphatic rings. The molecule has 0 aliphatic carbocycles. The monoisotopic (exact) mass is 248 g/mol. The zero-order valence-corrected chi connectivity index (χ0v) is 11.9. The van der Waals surface area contributed by atoms with Gasteiger partial charge in [-0.15, -0.1) is 0 Å². The minimum Gasteiger partial charge on any atom is -0.308 e. The predicted octanol–water partition coefficient (Wildman–Crippen LogP) is 1.93. The first-order chi connectivity index (χ1) is 8.52. The van der Waals surface area contributed by atoms with Gasteiger partial charge in [0, 0.05) is 18.7 Å². The number of ketones is 1. The first-order valence-corrected chi connectivity index (χ1v) is 6.48. The molecule has 0 saturated heterocycles. The molecule has 0 heterocycles. The van der Waals surface area contributed by atoms with E-state index in [9.17, 15) is 4.79 Å². The molecule has 1 aromatic carbocycles. The number of likely N-dealkylation sites (N-methyl/N-ethyl adjacent to an activating group) is 2. The van der Waals surface area contributed by atoms with Gasteiger partial charge in [-0.3, -0.25) is 9.69 Å². The smallest absolute Gasteiger partial charge is 0.176 e. The van der Waals surface area contributed by atoms with Gasteiger partial charge in [-0.2, -0.15) is 0 Å². The Kier molecular flexibility index (Phi) is 6.02. The third-order valence-corrected chi connectivity index (χ3v) is 3.03. The number of carbonyl (C=O) groups is 1. The van der Waals surface area contributed by atoms with Crippen LogP contribution in [-0.4, -0.2) is 56.4 Å². The zero-order chi connectivity index (χ0) is 13.5. The van der Waals surface area contributed by atoms with Crippen molar-refractivity contribution in [1.29, 1.82) is 0 Å². The fourth-order valence-corrected chi connectivity index (χ4v) is 1.71. The number of hydrogen-bond acceptors (Lipinski definition) is 3. The third-order valence-electron chi connectivity index (χ3n) is 3.03. The molecule has 0 saturated carbocycles. The van der Waals surface area contributed by atoms with Crippen LogP contribution in [0.3, 0.4) is 0 Å². The Morgan fingerprint density at radius 2 is 1.67 bits per heavy atom. The van der Waals surface area contributed by atoms with Gasteiger partial charge in [0.15, 0.2) is 5.78 Å². The van der Waals surface area contributed by atoms with E-state index in [-0.39, 0.29) is 5.78 Å². The Hall–Kier alpha value is -1.19. The first kappa shape index (κ1) is 14.9. The molecule has 3 heteroatoms. The van der Waals surface area contributed by atoms with E-state index in [2.05, 4.69) is 16.7 Å². The highest BCUT2D eigenvalue weighted by Crippen LogP contribution is 2.06. The van der Waals surface area contributed by atoms with Crippen LogP contribution in [0.15, 0.2) is 24.3 Å². The summed E-state index contributed by atoms with van der Waals surface area (Å²) in [5.74, 6) is 0.193. The summed E-state index contributed by atoms with van der Waals surface area (Å²) < 4.78 is 0. The number of Topliss-reactive ketones (excluding diaryl/α,β-unsaturated/α-hetero) is 1. The lowest BCUT2D eigenvalue weighted by Crippen LogP contribution is -2.32. The molecule has 1 aromatic rings. The second kappa shape index (κ2) is 7.29. The van der Waals surface area contributed by atoms with Gasteiger partial charge < -0.3 is 4.90 Å². The summed E-state index contributed by atoms with van der Waals surface area (Å²) in [5.41, 5.74) is 2.08. The fourth-order valence-electron chi connectivity index (χ4n) is 1.71. The predicted molar refractivity (Wildman–Crippen MR) is 76.2 cm³/mol. The maximum absolute atomic E-state index is 12.0. The molecule has 0 N–H and O–H groups in total. The van der Waals surface area contributed by atoms with Gasteiger partial charge in [0.25, 0.3) is 0 Å².